The predicted molar refractivity (Wildman–Crippen MR) is 156 cm³/mol. The second-order valence-electron chi connectivity index (χ2n) is 10.9. The Morgan fingerprint density at radius 3 is 2.62 bits per heavy atom. The number of carbonyl (C=O) groups is 1. The molecule has 2 aliphatic rings. The van der Waals surface area contributed by atoms with Gasteiger partial charge in [-0.1, -0.05) is 0 Å². The third-order valence-corrected chi connectivity index (χ3v) is 8.67. The number of fused-ring (bicyclic) bond motifs is 2. The van der Waals surface area contributed by atoms with E-state index in [0.717, 1.165) is 47.5 Å². The van der Waals surface area contributed by atoms with Crippen LogP contribution in [0.15, 0.2) is 30.3 Å². The number of nitrogens with two attached hydrogens (primary N) is 1. The van der Waals surface area contributed by atoms with Crippen molar-refractivity contribution in [2.45, 2.75) is 44.8 Å². The van der Waals surface area contributed by atoms with Crippen LogP contribution in [-0.4, -0.2) is 79.5 Å². The van der Waals surface area contributed by atoms with Crippen molar-refractivity contribution in [2.75, 3.05) is 39.3 Å². The highest BCUT2D eigenvalue weighted by Crippen LogP contribution is 2.38. The number of rotatable bonds is 9. The Labute approximate surface area is 235 Å². The van der Waals surface area contributed by atoms with Crippen LogP contribution in [0.2, 0.25) is 0 Å². The zero-order chi connectivity index (χ0) is 28.0. The molecule has 10 nitrogen and oxygen atoms in total. The van der Waals surface area contributed by atoms with Crippen LogP contribution < -0.4 is 15.2 Å². The fourth-order valence-corrected chi connectivity index (χ4v) is 6.11. The minimum absolute atomic E-state index is 0.00956. The molecule has 0 unspecified atom stereocenters. The van der Waals surface area contributed by atoms with Gasteiger partial charge in [-0.05, 0) is 55.9 Å². The fraction of sp³-hybridized carbons (Fsp3) is 0.483. The summed E-state index contributed by atoms with van der Waals surface area (Å²) in [5, 5.41) is 0.999. The highest BCUT2D eigenvalue weighted by molar-refractivity contribution is 7.84. The van der Waals surface area contributed by atoms with Gasteiger partial charge in [0.25, 0.3) is 5.91 Å². The number of pyridine rings is 1. The first kappa shape index (κ1) is 26.8. The molecule has 4 heterocycles. The van der Waals surface area contributed by atoms with Crippen molar-refractivity contribution in [3.8, 4) is 23.1 Å². The Hall–Kier alpha value is -3.44. The molecule has 2 atom stereocenters. The van der Waals surface area contributed by atoms with Gasteiger partial charge in [0, 0.05) is 72.0 Å². The molecule has 1 aliphatic carbocycles. The summed E-state index contributed by atoms with van der Waals surface area (Å²) in [6.07, 6.45) is 5.90. The van der Waals surface area contributed by atoms with Gasteiger partial charge >= 0.3 is 0 Å². The average molecular weight is 565 g/mol. The Bertz CT molecular complexity index is 1610. The first-order chi connectivity index (χ1) is 19.4. The van der Waals surface area contributed by atoms with Gasteiger partial charge in [0.15, 0.2) is 5.82 Å². The number of ether oxygens (including phenoxy) is 2. The number of likely N-dealkylation sites (tertiary alicyclic amines) is 1. The van der Waals surface area contributed by atoms with Crippen LogP contribution in [0.3, 0.4) is 0 Å². The van der Waals surface area contributed by atoms with E-state index in [0.29, 0.717) is 54.0 Å². The van der Waals surface area contributed by atoms with Crippen molar-refractivity contribution in [1.82, 2.24) is 24.0 Å². The summed E-state index contributed by atoms with van der Waals surface area (Å²) in [7, 11) is 2.22. The van der Waals surface area contributed by atoms with Crippen molar-refractivity contribution in [1.29, 1.82) is 0 Å². The molecule has 1 saturated carbocycles. The lowest BCUT2D eigenvalue weighted by Crippen LogP contribution is -2.45. The minimum atomic E-state index is -1.01. The Morgan fingerprint density at radius 1 is 1.10 bits per heavy atom. The zero-order valence-electron chi connectivity index (χ0n) is 23.3. The van der Waals surface area contributed by atoms with E-state index in [1.54, 1.807) is 26.5 Å². The van der Waals surface area contributed by atoms with Gasteiger partial charge in [0.05, 0.1) is 25.4 Å². The van der Waals surface area contributed by atoms with Crippen LogP contribution in [0.25, 0.3) is 33.6 Å². The van der Waals surface area contributed by atoms with Gasteiger partial charge in [-0.15, -0.1) is 0 Å². The van der Waals surface area contributed by atoms with Gasteiger partial charge in [-0.3, -0.25) is 9.00 Å². The molecule has 1 aliphatic heterocycles. The molecule has 11 heteroatoms. The predicted octanol–water partition coefficient (Wildman–Crippen LogP) is 3.42. The summed E-state index contributed by atoms with van der Waals surface area (Å²) < 4.78 is 27.8. The van der Waals surface area contributed by atoms with E-state index in [9.17, 15) is 9.00 Å². The van der Waals surface area contributed by atoms with Crippen LogP contribution in [0.5, 0.6) is 11.6 Å². The molecule has 6 rings (SSSR count). The zero-order valence-corrected chi connectivity index (χ0v) is 24.1. The molecule has 1 aromatic carbocycles. The van der Waals surface area contributed by atoms with Gasteiger partial charge in [-0.2, -0.15) is 4.98 Å². The van der Waals surface area contributed by atoms with E-state index >= 15 is 0 Å². The number of piperidine rings is 1. The summed E-state index contributed by atoms with van der Waals surface area (Å²) in [6.45, 7) is 2.55. The standard InChI is InChI=1S/C29H36N6O4S/c1-38-24-15-20(29(36)33-10-4-5-21(30)17-33)13-22-26(24)34(11-12-40(3)37)28(31-22)23-14-19-8-9-25(39-2)32-27(19)35(23)16-18-6-7-18/h8-9,13-15,18,21H,4-7,10-12,16-17,30H2,1-3H3/t21-,40-/m1/s1. The van der Waals surface area contributed by atoms with E-state index < -0.39 is 10.8 Å². The quantitative estimate of drug-likeness (QED) is 0.331. The summed E-state index contributed by atoms with van der Waals surface area (Å²) in [5.41, 5.74) is 9.91. The maximum atomic E-state index is 13.5. The lowest BCUT2D eigenvalue weighted by molar-refractivity contribution is 0.0708. The number of nitrogens with zero attached hydrogens (tertiary/aromatic N) is 5. The number of hydrogen-bond acceptors (Lipinski definition) is 7. The molecular formula is C29H36N6O4S. The van der Waals surface area contributed by atoms with E-state index in [1.807, 2.05) is 23.1 Å². The molecule has 0 radical (unpaired) electrons. The molecule has 212 valence electrons. The van der Waals surface area contributed by atoms with Crippen molar-refractivity contribution in [2.24, 2.45) is 11.7 Å². The van der Waals surface area contributed by atoms with Crippen molar-refractivity contribution >= 4 is 38.8 Å². The lowest BCUT2D eigenvalue weighted by atomic mass is 10.0. The van der Waals surface area contributed by atoms with Crippen LogP contribution in [-0.2, 0) is 23.9 Å². The third-order valence-electron chi connectivity index (χ3n) is 7.92. The largest absolute Gasteiger partial charge is 0.494 e. The number of carbonyl (C=O) groups excluding carboxylic acids is 1. The molecule has 2 fully saturated rings. The van der Waals surface area contributed by atoms with E-state index in [2.05, 4.69) is 15.2 Å². The Balaban J connectivity index is 1.53. The molecule has 0 spiro atoms. The van der Waals surface area contributed by atoms with Gasteiger partial charge in [0.2, 0.25) is 5.88 Å². The molecule has 3 aromatic heterocycles. The van der Waals surface area contributed by atoms with Crippen LogP contribution >= 0.6 is 0 Å². The summed E-state index contributed by atoms with van der Waals surface area (Å²) in [6, 6.07) is 9.62. The number of hydrogen-bond donors (Lipinski definition) is 1. The summed E-state index contributed by atoms with van der Waals surface area (Å²) in [4.78, 5) is 25.2. The molecule has 2 N–H and O–H groups in total. The minimum Gasteiger partial charge on any atom is -0.494 e. The highest BCUT2D eigenvalue weighted by atomic mass is 32.2. The molecule has 1 saturated heterocycles. The second kappa shape index (κ2) is 10.9. The van der Waals surface area contributed by atoms with E-state index in [-0.39, 0.29) is 11.9 Å². The van der Waals surface area contributed by atoms with Crippen LogP contribution in [0, 0.1) is 5.92 Å². The number of benzene rings is 1. The molecule has 1 amide bonds. The SMILES string of the molecule is COc1ccc2cc(-c3nc4cc(C(=O)N5CCC[C@@H](N)C5)cc(OC)c4n3CC[S@@](C)=O)n(CC3CC3)c2n1. The summed E-state index contributed by atoms with van der Waals surface area (Å²) in [5.74, 6) is 2.85. The van der Waals surface area contributed by atoms with E-state index in [4.69, 9.17) is 25.2 Å². The van der Waals surface area contributed by atoms with Crippen molar-refractivity contribution in [3.05, 3.63) is 35.9 Å². The smallest absolute Gasteiger partial charge is 0.254 e. The van der Waals surface area contributed by atoms with E-state index in [1.165, 1.54) is 12.8 Å². The van der Waals surface area contributed by atoms with Gasteiger partial charge in [-0.25, -0.2) is 4.98 Å². The van der Waals surface area contributed by atoms with Gasteiger partial charge in [0.1, 0.15) is 16.9 Å². The van der Waals surface area contributed by atoms with Crippen molar-refractivity contribution in [3.63, 3.8) is 0 Å². The Morgan fingerprint density at radius 2 is 1.93 bits per heavy atom. The number of aryl methyl sites for hydroxylation is 1. The average Bonchev–Trinajstić information content (AvgIpc) is 3.60. The molecule has 4 aromatic rings. The monoisotopic (exact) mass is 564 g/mol. The van der Waals surface area contributed by atoms with Gasteiger partial charge < -0.3 is 29.2 Å². The maximum Gasteiger partial charge on any atom is 0.254 e. The molecular weight excluding hydrogens is 528 g/mol. The normalized spacial score (nSPS) is 18.4. The maximum absolute atomic E-state index is 13.5. The fourth-order valence-electron chi connectivity index (χ4n) is 5.67. The first-order valence-corrected chi connectivity index (χ1v) is 15.6. The lowest BCUT2D eigenvalue weighted by Gasteiger charge is -2.30. The van der Waals surface area contributed by atoms with Crippen molar-refractivity contribution < 1.29 is 18.5 Å². The Kier molecular flexibility index (Phi) is 7.26. The van der Waals surface area contributed by atoms with Crippen LogP contribution in [0.4, 0.5) is 0 Å². The topological polar surface area (TPSA) is 118 Å². The second-order valence-corrected chi connectivity index (χ2v) is 12.5. The first-order valence-electron chi connectivity index (χ1n) is 13.8. The molecule has 40 heavy (non-hydrogen) atoms. The highest BCUT2D eigenvalue weighted by Gasteiger charge is 2.29. The third kappa shape index (κ3) is 5.08. The summed E-state index contributed by atoms with van der Waals surface area (Å²) >= 11 is 0. The molecule has 0 bridgehead atoms. The number of aromatic nitrogens is 4. The number of imidazole rings is 1. The number of methoxy groups -OCH3 is 2. The number of amides is 1. The van der Waals surface area contributed by atoms with Crippen LogP contribution in [0.1, 0.15) is 36.0 Å².